The third kappa shape index (κ3) is 4.51. The van der Waals surface area contributed by atoms with E-state index >= 15 is 0 Å². The normalized spacial score (nSPS) is 27.3. The van der Waals surface area contributed by atoms with Crippen molar-refractivity contribution in [1.29, 1.82) is 0 Å². The lowest BCUT2D eigenvalue weighted by atomic mass is 9.67. The number of aromatic nitrogens is 1. The fourth-order valence-electron chi connectivity index (χ4n) is 4.53. The molecule has 1 aromatic carbocycles. The molecule has 2 aliphatic rings. The maximum absolute atomic E-state index is 12.4. The lowest BCUT2D eigenvalue weighted by molar-refractivity contribution is -0.123. The second kappa shape index (κ2) is 9.07. The number of benzene rings is 1. The van der Waals surface area contributed by atoms with Gasteiger partial charge in [-0.3, -0.25) is 4.79 Å². The molecule has 0 aliphatic heterocycles. The van der Waals surface area contributed by atoms with E-state index in [4.69, 9.17) is 10.2 Å². The van der Waals surface area contributed by atoms with E-state index in [-0.39, 0.29) is 30.7 Å². The molecule has 0 radical (unpaired) electrons. The molecule has 1 aromatic heterocycles. The van der Waals surface area contributed by atoms with Gasteiger partial charge in [0, 0.05) is 24.9 Å². The zero-order valence-electron chi connectivity index (χ0n) is 14.7. The number of nitrogens with two attached hydrogens (primary N) is 1. The molecule has 2 aliphatic carbocycles. The molecule has 0 saturated heterocycles. The summed E-state index contributed by atoms with van der Waals surface area (Å²) < 4.78 is 5.69. The van der Waals surface area contributed by atoms with E-state index in [0.717, 1.165) is 23.9 Å². The maximum atomic E-state index is 12.4. The van der Waals surface area contributed by atoms with Crippen LogP contribution in [0, 0.1) is 11.8 Å². The minimum Gasteiger partial charge on any atom is -0.441 e. The van der Waals surface area contributed by atoms with Gasteiger partial charge in [0.25, 0.3) is 0 Å². The number of amides is 1. The first-order valence-electron chi connectivity index (χ1n) is 9.08. The molecule has 1 heterocycles. The third-order valence-electron chi connectivity index (χ3n) is 5.61. The second-order valence-electron chi connectivity index (χ2n) is 7.35. The first kappa shape index (κ1) is 21.0. The summed E-state index contributed by atoms with van der Waals surface area (Å²) in [6.07, 6.45) is 6.73. The fraction of sp³-hybridized carbons (Fsp3) is 0.579. The topological polar surface area (TPSA) is 81.1 Å². The molecule has 2 atom stereocenters. The highest BCUT2D eigenvalue weighted by Gasteiger charge is 2.39. The Labute approximate surface area is 166 Å². The van der Waals surface area contributed by atoms with Crippen LogP contribution in [0.4, 0.5) is 0 Å². The van der Waals surface area contributed by atoms with Gasteiger partial charge in [0.2, 0.25) is 5.91 Å². The SMILES string of the molecule is Cl.Cl.NC1CC2CCCC(C1)C2NC(=O)CCc1nc2ccccc2o1. The van der Waals surface area contributed by atoms with Crippen LogP contribution in [0.25, 0.3) is 11.1 Å². The number of halogens is 2. The third-order valence-corrected chi connectivity index (χ3v) is 5.61. The quantitative estimate of drug-likeness (QED) is 0.821. The van der Waals surface area contributed by atoms with E-state index in [1.807, 2.05) is 24.3 Å². The molecule has 2 saturated carbocycles. The van der Waals surface area contributed by atoms with Gasteiger partial charge < -0.3 is 15.5 Å². The summed E-state index contributed by atoms with van der Waals surface area (Å²) in [6, 6.07) is 8.32. The van der Waals surface area contributed by atoms with E-state index in [0.29, 0.717) is 42.7 Å². The summed E-state index contributed by atoms with van der Waals surface area (Å²) in [7, 11) is 0. The minimum atomic E-state index is 0. The fourth-order valence-corrected chi connectivity index (χ4v) is 4.53. The van der Waals surface area contributed by atoms with Crippen molar-refractivity contribution in [1.82, 2.24) is 10.3 Å². The zero-order valence-corrected chi connectivity index (χ0v) is 16.4. The molecule has 3 N–H and O–H groups in total. The van der Waals surface area contributed by atoms with Crippen molar-refractivity contribution >= 4 is 41.8 Å². The Kier molecular flexibility index (Phi) is 7.33. The molecule has 2 unspecified atom stereocenters. The summed E-state index contributed by atoms with van der Waals surface area (Å²) >= 11 is 0. The number of nitrogens with zero attached hydrogens (tertiary/aromatic N) is 1. The molecule has 7 heteroatoms. The van der Waals surface area contributed by atoms with Crippen LogP contribution in [-0.4, -0.2) is 23.0 Å². The van der Waals surface area contributed by atoms with Gasteiger partial charge in [0.15, 0.2) is 11.5 Å². The average Bonchev–Trinajstić information content (AvgIpc) is 2.97. The van der Waals surface area contributed by atoms with Crippen molar-refractivity contribution in [3.8, 4) is 0 Å². The van der Waals surface area contributed by atoms with Crippen LogP contribution in [0.15, 0.2) is 28.7 Å². The molecule has 144 valence electrons. The molecule has 2 fully saturated rings. The minimum absolute atomic E-state index is 0. The first-order valence-corrected chi connectivity index (χ1v) is 9.08. The van der Waals surface area contributed by atoms with Crippen LogP contribution in [0.2, 0.25) is 0 Å². The summed E-state index contributed by atoms with van der Waals surface area (Å²) in [4.78, 5) is 16.8. The molecule has 26 heavy (non-hydrogen) atoms. The Morgan fingerprint density at radius 2 is 1.88 bits per heavy atom. The molecule has 2 bridgehead atoms. The predicted molar refractivity (Wildman–Crippen MR) is 107 cm³/mol. The average molecular weight is 400 g/mol. The number of hydrogen-bond acceptors (Lipinski definition) is 4. The Morgan fingerprint density at radius 3 is 2.58 bits per heavy atom. The monoisotopic (exact) mass is 399 g/mol. The number of para-hydroxylation sites is 2. The molecule has 0 spiro atoms. The van der Waals surface area contributed by atoms with Gasteiger partial charge in [0.1, 0.15) is 5.52 Å². The van der Waals surface area contributed by atoms with Crippen molar-refractivity contribution in [2.24, 2.45) is 17.6 Å². The highest BCUT2D eigenvalue weighted by molar-refractivity contribution is 5.85. The summed E-state index contributed by atoms with van der Waals surface area (Å²) in [5, 5.41) is 3.28. The second-order valence-corrected chi connectivity index (χ2v) is 7.35. The summed E-state index contributed by atoms with van der Waals surface area (Å²) in [5.41, 5.74) is 7.79. The van der Waals surface area contributed by atoms with Crippen molar-refractivity contribution in [3.05, 3.63) is 30.2 Å². The van der Waals surface area contributed by atoms with E-state index in [1.165, 1.54) is 19.3 Å². The van der Waals surface area contributed by atoms with E-state index in [1.54, 1.807) is 0 Å². The van der Waals surface area contributed by atoms with Crippen molar-refractivity contribution in [3.63, 3.8) is 0 Å². The van der Waals surface area contributed by atoms with Gasteiger partial charge in [-0.1, -0.05) is 18.6 Å². The van der Waals surface area contributed by atoms with Gasteiger partial charge in [-0.2, -0.15) is 0 Å². The molecule has 5 nitrogen and oxygen atoms in total. The number of aryl methyl sites for hydroxylation is 1. The molecule has 2 aromatic rings. The maximum Gasteiger partial charge on any atom is 0.220 e. The number of carbonyl (C=O) groups excluding carboxylic acids is 1. The Morgan fingerprint density at radius 1 is 1.19 bits per heavy atom. The Bertz CT molecular complexity index is 689. The number of carbonyl (C=O) groups is 1. The highest BCUT2D eigenvalue weighted by Crippen LogP contribution is 2.39. The van der Waals surface area contributed by atoms with E-state index in [2.05, 4.69) is 10.3 Å². The largest absolute Gasteiger partial charge is 0.441 e. The van der Waals surface area contributed by atoms with Crippen LogP contribution < -0.4 is 11.1 Å². The predicted octanol–water partition coefficient (Wildman–Crippen LogP) is 3.63. The lowest BCUT2D eigenvalue weighted by Crippen LogP contribution is -2.53. The molecule has 1 amide bonds. The number of fused-ring (bicyclic) bond motifs is 3. The standard InChI is InChI=1S/C19H25N3O2.2ClH/c20-14-10-12-4-3-5-13(11-14)19(12)22-17(23)8-9-18-21-15-6-1-2-7-16(15)24-18;;/h1-2,6-7,12-14,19H,3-5,8-11,20H2,(H,22,23);2*1H. The first-order chi connectivity index (χ1) is 11.7. The van der Waals surface area contributed by atoms with Gasteiger partial charge in [0.05, 0.1) is 0 Å². The van der Waals surface area contributed by atoms with Crippen LogP contribution in [0.3, 0.4) is 0 Å². The van der Waals surface area contributed by atoms with Crippen molar-refractivity contribution in [2.75, 3.05) is 0 Å². The molecular formula is C19H27Cl2N3O2. The van der Waals surface area contributed by atoms with Gasteiger partial charge in [-0.05, 0) is 49.7 Å². The van der Waals surface area contributed by atoms with Crippen molar-refractivity contribution < 1.29 is 9.21 Å². The van der Waals surface area contributed by atoms with Gasteiger partial charge in [-0.15, -0.1) is 24.8 Å². The Balaban J connectivity index is 0.00000121. The van der Waals surface area contributed by atoms with Gasteiger partial charge in [-0.25, -0.2) is 4.98 Å². The van der Waals surface area contributed by atoms with Crippen LogP contribution in [-0.2, 0) is 11.2 Å². The van der Waals surface area contributed by atoms with E-state index < -0.39 is 0 Å². The summed E-state index contributed by atoms with van der Waals surface area (Å²) in [5.74, 6) is 1.85. The van der Waals surface area contributed by atoms with E-state index in [9.17, 15) is 4.79 Å². The Hall–Kier alpha value is -1.30. The van der Waals surface area contributed by atoms with Crippen LogP contribution in [0.1, 0.15) is 44.4 Å². The van der Waals surface area contributed by atoms with Gasteiger partial charge >= 0.3 is 0 Å². The lowest BCUT2D eigenvalue weighted by Gasteiger charge is -2.45. The summed E-state index contributed by atoms with van der Waals surface area (Å²) in [6.45, 7) is 0. The highest BCUT2D eigenvalue weighted by atomic mass is 35.5. The number of nitrogens with one attached hydrogen (secondary N) is 1. The number of hydrogen-bond donors (Lipinski definition) is 2. The number of rotatable bonds is 4. The number of oxazole rings is 1. The van der Waals surface area contributed by atoms with Crippen molar-refractivity contribution in [2.45, 2.75) is 57.0 Å². The van der Waals surface area contributed by atoms with Crippen LogP contribution >= 0.6 is 24.8 Å². The smallest absolute Gasteiger partial charge is 0.220 e. The molecule has 4 rings (SSSR count). The van der Waals surface area contributed by atoms with Crippen LogP contribution in [0.5, 0.6) is 0 Å². The molecular weight excluding hydrogens is 373 g/mol. The zero-order chi connectivity index (χ0) is 16.5.